The number of fused-ring (bicyclic) bond motifs is 1. The average molecular weight is 375 g/mol. The molecular weight excluding hydrogens is 346 g/mol. The summed E-state index contributed by atoms with van der Waals surface area (Å²) < 4.78 is 11.2. The van der Waals surface area contributed by atoms with Crippen LogP contribution in [0.25, 0.3) is 0 Å². The first-order valence-corrected chi connectivity index (χ1v) is 9.91. The standard InChI is InChI=1S/C25H27NO2/c1-17-9-11-19(12-10-17)24(18-7-5-4-6-8-18)25-21-16-23(28-3)22(27-2)15-20(21)13-14-26-25/h4-12,15-16,24-26H,13-14H2,1-3H3/p+1/t24-,25-/m0/s1. The summed E-state index contributed by atoms with van der Waals surface area (Å²) in [7, 11) is 3.41. The molecule has 3 aromatic carbocycles. The SMILES string of the molecule is COc1cc2c(cc1OC)[C@@H]([C@@H](c1ccccc1)c1ccc(C)cc1)[NH2+]CC2. The number of quaternary nitrogens is 1. The first-order valence-electron chi connectivity index (χ1n) is 9.91. The van der Waals surface area contributed by atoms with E-state index in [-0.39, 0.29) is 5.92 Å². The second-order valence-corrected chi connectivity index (χ2v) is 7.51. The zero-order chi connectivity index (χ0) is 19.5. The van der Waals surface area contributed by atoms with Gasteiger partial charge in [0.15, 0.2) is 11.5 Å². The summed E-state index contributed by atoms with van der Waals surface area (Å²) >= 11 is 0. The van der Waals surface area contributed by atoms with Gasteiger partial charge in [0.1, 0.15) is 6.04 Å². The van der Waals surface area contributed by atoms with Crippen LogP contribution in [0, 0.1) is 6.92 Å². The Morgan fingerprint density at radius 3 is 2.18 bits per heavy atom. The molecule has 28 heavy (non-hydrogen) atoms. The van der Waals surface area contributed by atoms with Gasteiger partial charge in [-0.3, -0.25) is 0 Å². The van der Waals surface area contributed by atoms with Crippen LogP contribution in [0.15, 0.2) is 66.7 Å². The third-order valence-corrected chi connectivity index (χ3v) is 5.79. The molecule has 0 aromatic heterocycles. The van der Waals surface area contributed by atoms with Gasteiger partial charge in [-0.2, -0.15) is 0 Å². The van der Waals surface area contributed by atoms with Crippen molar-refractivity contribution in [3.63, 3.8) is 0 Å². The molecule has 0 aliphatic carbocycles. The van der Waals surface area contributed by atoms with Crippen molar-refractivity contribution < 1.29 is 14.8 Å². The molecule has 0 unspecified atom stereocenters. The van der Waals surface area contributed by atoms with Crippen molar-refractivity contribution in [3.05, 3.63) is 94.5 Å². The van der Waals surface area contributed by atoms with Crippen LogP contribution in [0.4, 0.5) is 0 Å². The smallest absolute Gasteiger partial charge is 0.161 e. The van der Waals surface area contributed by atoms with Gasteiger partial charge in [-0.15, -0.1) is 0 Å². The Bertz CT molecular complexity index is 935. The molecule has 0 amide bonds. The molecule has 3 aromatic rings. The molecule has 0 bridgehead atoms. The number of hydrogen-bond donors (Lipinski definition) is 1. The zero-order valence-electron chi connectivity index (χ0n) is 16.8. The van der Waals surface area contributed by atoms with E-state index >= 15 is 0 Å². The minimum atomic E-state index is 0.277. The highest BCUT2D eigenvalue weighted by atomic mass is 16.5. The van der Waals surface area contributed by atoms with E-state index in [1.54, 1.807) is 14.2 Å². The zero-order valence-corrected chi connectivity index (χ0v) is 16.8. The van der Waals surface area contributed by atoms with E-state index in [1.165, 1.54) is 27.8 Å². The number of nitrogens with two attached hydrogens (primary N) is 1. The lowest BCUT2D eigenvalue weighted by molar-refractivity contribution is -0.701. The molecule has 1 aliphatic heterocycles. The van der Waals surface area contributed by atoms with Crippen molar-refractivity contribution in [1.82, 2.24) is 0 Å². The highest BCUT2D eigenvalue weighted by Gasteiger charge is 2.34. The Balaban J connectivity index is 1.85. The summed E-state index contributed by atoms with van der Waals surface area (Å²) in [5.41, 5.74) is 6.68. The average Bonchev–Trinajstić information content (AvgIpc) is 2.75. The summed E-state index contributed by atoms with van der Waals surface area (Å²) in [6.45, 7) is 3.21. The van der Waals surface area contributed by atoms with Crippen LogP contribution in [0.2, 0.25) is 0 Å². The molecule has 0 radical (unpaired) electrons. The van der Waals surface area contributed by atoms with Crippen LogP contribution < -0.4 is 14.8 Å². The van der Waals surface area contributed by atoms with Crippen LogP contribution in [0.3, 0.4) is 0 Å². The van der Waals surface area contributed by atoms with Crippen molar-refractivity contribution in [2.45, 2.75) is 25.3 Å². The van der Waals surface area contributed by atoms with Gasteiger partial charge in [-0.05, 0) is 35.7 Å². The maximum absolute atomic E-state index is 5.62. The normalized spacial score (nSPS) is 16.9. The molecular formula is C25H28NO2+. The molecule has 0 saturated heterocycles. The lowest BCUT2D eigenvalue weighted by Gasteiger charge is -2.32. The molecule has 0 saturated carbocycles. The Labute approximate surface area is 167 Å². The topological polar surface area (TPSA) is 35.1 Å². The van der Waals surface area contributed by atoms with E-state index in [4.69, 9.17) is 9.47 Å². The van der Waals surface area contributed by atoms with E-state index in [1.807, 2.05) is 0 Å². The molecule has 4 rings (SSSR count). The molecule has 1 heterocycles. The molecule has 2 N–H and O–H groups in total. The molecule has 3 nitrogen and oxygen atoms in total. The third-order valence-electron chi connectivity index (χ3n) is 5.79. The first-order chi connectivity index (χ1) is 13.7. The Kier molecular flexibility index (Phi) is 5.36. The van der Waals surface area contributed by atoms with E-state index in [2.05, 4.69) is 79.0 Å². The Morgan fingerprint density at radius 2 is 1.50 bits per heavy atom. The molecule has 2 atom stereocenters. The molecule has 3 heteroatoms. The summed E-state index contributed by atoms with van der Waals surface area (Å²) in [5.74, 6) is 1.89. The van der Waals surface area contributed by atoms with Gasteiger partial charge in [0, 0.05) is 12.0 Å². The van der Waals surface area contributed by atoms with Gasteiger partial charge in [0.25, 0.3) is 0 Å². The van der Waals surface area contributed by atoms with Crippen LogP contribution >= 0.6 is 0 Å². The Hall–Kier alpha value is -2.78. The minimum absolute atomic E-state index is 0.277. The van der Waals surface area contributed by atoms with Gasteiger partial charge in [0.2, 0.25) is 0 Å². The van der Waals surface area contributed by atoms with Gasteiger partial charge in [-0.25, -0.2) is 0 Å². The highest BCUT2D eigenvalue weighted by Crippen LogP contribution is 2.41. The van der Waals surface area contributed by atoms with Gasteiger partial charge >= 0.3 is 0 Å². The molecule has 144 valence electrons. The van der Waals surface area contributed by atoms with Crippen molar-refractivity contribution in [1.29, 1.82) is 0 Å². The monoisotopic (exact) mass is 374 g/mol. The van der Waals surface area contributed by atoms with Gasteiger partial charge < -0.3 is 14.8 Å². The fourth-order valence-corrected chi connectivity index (χ4v) is 4.37. The summed E-state index contributed by atoms with van der Waals surface area (Å²) in [5, 5.41) is 2.48. The maximum Gasteiger partial charge on any atom is 0.161 e. The predicted octanol–water partition coefficient (Wildman–Crippen LogP) is 4.00. The lowest BCUT2D eigenvalue weighted by Crippen LogP contribution is -2.88. The fourth-order valence-electron chi connectivity index (χ4n) is 4.37. The van der Waals surface area contributed by atoms with Crippen LogP contribution in [0.5, 0.6) is 11.5 Å². The predicted molar refractivity (Wildman–Crippen MR) is 112 cm³/mol. The number of methoxy groups -OCH3 is 2. The first kappa shape index (κ1) is 18.6. The molecule has 0 spiro atoms. The largest absolute Gasteiger partial charge is 0.493 e. The number of aryl methyl sites for hydroxylation is 1. The van der Waals surface area contributed by atoms with E-state index in [0.717, 1.165) is 24.5 Å². The fraction of sp³-hybridized carbons (Fsp3) is 0.280. The van der Waals surface area contributed by atoms with Crippen LogP contribution in [0.1, 0.15) is 39.8 Å². The quantitative estimate of drug-likeness (QED) is 0.732. The molecule has 1 aliphatic rings. The van der Waals surface area contributed by atoms with E-state index in [0.29, 0.717) is 6.04 Å². The number of rotatable bonds is 5. The van der Waals surface area contributed by atoms with Crippen molar-refractivity contribution >= 4 is 0 Å². The summed E-state index contributed by atoms with van der Waals surface area (Å²) in [6, 6.07) is 24.4. The van der Waals surface area contributed by atoms with Crippen LogP contribution in [-0.2, 0) is 6.42 Å². The highest BCUT2D eigenvalue weighted by molar-refractivity contribution is 5.50. The second kappa shape index (κ2) is 8.07. The number of hydrogen-bond acceptors (Lipinski definition) is 2. The van der Waals surface area contributed by atoms with Gasteiger partial charge in [-0.1, -0.05) is 60.2 Å². The van der Waals surface area contributed by atoms with Crippen molar-refractivity contribution in [3.8, 4) is 11.5 Å². The van der Waals surface area contributed by atoms with E-state index < -0.39 is 0 Å². The van der Waals surface area contributed by atoms with Crippen molar-refractivity contribution in [2.75, 3.05) is 20.8 Å². The number of benzene rings is 3. The van der Waals surface area contributed by atoms with Gasteiger partial charge in [0.05, 0.1) is 26.7 Å². The number of ether oxygens (including phenoxy) is 2. The summed E-state index contributed by atoms with van der Waals surface area (Å²) in [4.78, 5) is 0. The lowest BCUT2D eigenvalue weighted by atomic mass is 9.78. The second-order valence-electron chi connectivity index (χ2n) is 7.51. The van der Waals surface area contributed by atoms with Crippen LogP contribution in [-0.4, -0.2) is 20.8 Å². The minimum Gasteiger partial charge on any atom is -0.493 e. The van der Waals surface area contributed by atoms with Crippen molar-refractivity contribution in [2.24, 2.45) is 0 Å². The third kappa shape index (κ3) is 3.50. The summed E-state index contributed by atoms with van der Waals surface area (Å²) in [6.07, 6.45) is 1.04. The maximum atomic E-state index is 5.62. The Morgan fingerprint density at radius 1 is 0.857 bits per heavy atom. The van der Waals surface area contributed by atoms with E-state index in [9.17, 15) is 0 Å². The molecule has 0 fully saturated rings.